The van der Waals surface area contributed by atoms with Crippen molar-refractivity contribution in [3.63, 3.8) is 0 Å². The topological polar surface area (TPSA) is 84.2 Å². The minimum absolute atomic E-state index is 0.121. The van der Waals surface area contributed by atoms with Gasteiger partial charge in [-0.15, -0.1) is 11.3 Å². The SMILES string of the molecule is O=C(Nc1csc(-c2ccc(Cl)cc2)c1C(=O)O)c1cnn(-c2ccccc2)c1C(F)(F)F. The summed E-state index contributed by atoms with van der Waals surface area (Å²) in [6.07, 6.45) is -4.09. The van der Waals surface area contributed by atoms with E-state index in [2.05, 4.69) is 10.4 Å². The number of carboxylic acid groups (broad SMARTS) is 1. The van der Waals surface area contributed by atoms with Crippen LogP contribution in [0.3, 0.4) is 0 Å². The molecular weight excluding hydrogens is 479 g/mol. The van der Waals surface area contributed by atoms with Gasteiger partial charge >= 0.3 is 12.1 Å². The number of amides is 1. The van der Waals surface area contributed by atoms with Crippen LogP contribution in [0.25, 0.3) is 16.1 Å². The van der Waals surface area contributed by atoms with E-state index in [4.69, 9.17) is 11.6 Å². The number of nitrogens with zero attached hydrogens (tertiary/aromatic N) is 2. The number of aromatic carboxylic acids is 1. The average molecular weight is 492 g/mol. The monoisotopic (exact) mass is 491 g/mol. The van der Waals surface area contributed by atoms with Gasteiger partial charge in [0.15, 0.2) is 5.69 Å². The first kappa shape index (κ1) is 22.6. The van der Waals surface area contributed by atoms with Crippen molar-refractivity contribution < 1.29 is 27.9 Å². The van der Waals surface area contributed by atoms with Crippen molar-refractivity contribution in [3.05, 3.63) is 88.0 Å². The maximum atomic E-state index is 13.8. The molecule has 0 aliphatic heterocycles. The molecule has 0 unspecified atom stereocenters. The molecule has 2 heterocycles. The summed E-state index contributed by atoms with van der Waals surface area (Å²) in [6.45, 7) is 0. The van der Waals surface area contributed by atoms with Crippen molar-refractivity contribution in [3.8, 4) is 16.1 Å². The molecule has 2 aromatic heterocycles. The number of hydrogen-bond acceptors (Lipinski definition) is 4. The molecular formula is C22H13ClF3N3O3S. The highest BCUT2D eigenvalue weighted by molar-refractivity contribution is 7.14. The van der Waals surface area contributed by atoms with Crippen molar-refractivity contribution in [2.24, 2.45) is 0 Å². The van der Waals surface area contributed by atoms with Gasteiger partial charge in [0.25, 0.3) is 5.91 Å². The number of carboxylic acids is 1. The third kappa shape index (κ3) is 4.48. The van der Waals surface area contributed by atoms with Gasteiger partial charge in [0.1, 0.15) is 5.56 Å². The van der Waals surface area contributed by atoms with Crippen LogP contribution in [-0.4, -0.2) is 26.8 Å². The molecule has 0 bridgehead atoms. The maximum absolute atomic E-state index is 13.8. The van der Waals surface area contributed by atoms with Crippen molar-refractivity contribution in [1.82, 2.24) is 9.78 Å². The minimum atomic E-state index is -4.89. The summed E-state index contributed by atoms with van der Waals surface area (Å²) in [5, 5.41) is 17.6. The van der Waals surface area contributed by atoms with Crippen molar-refractivity contribution in [1.29, 1.82) is 0 Å². The second-order valence-electron chi connectivity index (χ2n) is 6.77. The Kier molecular flexibility index (Phi) is 5.96. The van der Waals surface area contributed by atoms with E-state index in [1.807, 2.05) is 0 Å². The molecule has 2 N–H and O–H groups in total. The summed E-state index contributed by atoms with van der Waals surface area (Å²) in [4.78, 5) is 25.1. The standard InChI is InChI=1S/C22H13ClF3N3O3S/c23-13-8-6-12(7-9-13)18-17(21(31)32)16(11-33-18)28-20(30)15-10-27-29(19(15)22(24,25)26)14-4-2-1-3-5-14/h1-11H,(H,28,30)(H,31,32). The lowest BCUT2D eigenvalue weighted by Gasteiger charge is -2.13. The number of halogens is 4. The number of thiophene rings is 1. The van der Waals surface area contributed by atoms with Crippen molar-refractivity contribution in [2.45, 2.75) is 6.18 Å². The number of alkyl halides is 3. The summed E-state index contributed by atoms with van der Waals surface area (Å²) >= 11 is 6.90. The molecule has 0 aliphatic carbocycles. The number of para-hydroxylation sites is 1. The van der Waals surface area contributed by atoms with Gasteiger partial charge in [0.2, 0.25) is 0 Å². The summed E-state index contributed by atoms with van der Waals surface area (Å²) in [7, 11) is 0. The number of benzene rings is 2. The van der Waals surface area contributed by atoms with Gasteiger partial charge in [-0.3, -0.25) is 4.79 Å². The highest BCUT2D eigenvalue weighted by Crippen LogP contribution is 2.38. The molecule has 6 nitrogen and oxygen atoms in total. The molecule has 0 aliphatic rings. The third-order valence-electron chi connectivity index (χ3n) is 4.64. The van der Waals surface area contributed by atoms with E-state index in [1.54, 1.807) is 42.5 Å². The van der Waals surface area contributed by atoms with Crippen molar-refractivity contribution in [2.75, 3.05) is 5.32 Å². The van der Waals surface area contributed by atoms with E-state index in [-0.39, 0.29) is 16.9 Å². The highest BCUT2D eigenvalue weighted by atomic mass is 35.5. The van der Waals surface area contributed by atoms with Gasteiger partial charge in [-0.2, -0.15) is 18.3 Å². The van der Waals surface area contributed by atoms with Gasteiger partial charge in [0, 0.05) is 10.4 Å². The average Bonchev–Trinajstić information content (AvgIpc) is 3.40. The van der Waals surface area contributed by atoms with Crippen LogP contribution < -0.4 is 5.32 Å². The molecule has 0 saturated heterocycles. The Hall–Kier alpha value is -3.63. The van der Waals surface area contributed by atoms with Gasteiger partial charge in [-0.25, -0.2) is 9.48 Å². The summed E-state index contributed by atoms with van der Waals surface area (Å²) in [5.74, 6) is -2.47. The number of carbonyl (C=O) groups is 2. The Bertz CT molecular complexity index is 1330. The number of nitrogens with one attached hydrogen (secondary N) is 1. The van der Waals surface area contributed by atoms with E-state index in [9.17, 15) is 27.9 Å². The quantitative estimate of drug-likeness (QED) is 0.347. The molecule has 11 heteroatoms. The fourth-order valence-electron chi connectivity index (χ4n) is 3.22. The normalized spacial score (nSPS) is 11.4. The second-order valence-corrected chi connectivity index (χ2v) is 8.09. The summed E-state index contributed by atoms with van der Waals surface area (Å²) in [5.41, 5.74) is -1.70. The molecule has 0 spiro atoms. The number of rotatable bonds is 5. The maximum Gasteiger partial charge on any atom is 0.434 e. The van der Waals surface area contributed by atoms with Crippen LogP contribution >= 0.6 is 22.9 Å². The molecule has 0 atom stereocenters. The van der Waals surface area contributed by atoms with E-state index in [0.717, 1.165) is 17.5 Å². The first-order chi connectivity index (χ1) is 15.7. The number of carbonyl (C=O) groups excluding carboxylic acids is 1. The van der Waals surface area contributed by atoms with Gasteiger partial charge in [0.05, 0.1) is 28.0 Å². The van der Waals surface area contributed by atoms with Crippen LogP contribution in [-0.2, 0) is 6.18 Å². The fourth-order valence-corrected chi connectivity index (χ4v) is 4.34. The second kappa shape index (κ2) is 8.72. The Morgan fingerprint density at radius 2 is 1.73 bits per heavy atom. The predicted octanol–water partition coefficient (Wildman–Crippen LogP) is 6.22. The highest BCUT2D eigenvalue weighted by Gasteiger charge is 2.40. The van der Waals surface area contributed by atoms with Crippen LogP contribution in [0.2, 0.25) is 5.02 Å². The lowest BCUT2D eigenvalue weighted by atomic mass is 10.1. The number of hydrogen-bond donors (Lipinski definition) is 2. The summed E-state index contributed by atoms with van der Waals surface area (Å²) in [6, 6.07) is 13.9. The molecule has 4 rings (SSSR count). The molecule has 2 aromatic carbocycles. The molecule has 1 amide bonds. The largest absolute Gasteiger partial charge is 0.478 e. The molecule has 0 saturated carbocycles. The van der Waals surface area contributed by atoms with Gasteiger partial charge in [-0.05, 0) is 29.8 Å². The molecule has 4 aromatic rings. The number of anilines is 1. The Balaban J connectivity index is 1.73. The predicted molar refractivity (Wildman–Crippen MR) is 118 cm³/mol. The van der Waals surface area contributed by atoms with Crippen LogP contribution in [0.1, 0.15) is 26.4 Å². The van der Waals surface area contributed by atoms with E-state index < -0.39 is 29.3 Å². The first-order valence-corrected chi connectivity index (χ1v) is 10.6. The third-order valence-corrected chi connectivity index (χ3v) is 5.92. The van der Waals surface area contributed by atoms with Crippen LogP contribution in [0.4, 0.5) is 18.9 Å². The lowest BCUT2D eigenvalue weighted by Crippen LogP contribution is -2.21. The van der Waals surface area contributed by atoms with Gasteiger partial charge in [-0.1, -0.05) is 41.9 Å². The molecule has 0 fully saturated rings. The molecule has 0 radical (unpaired) electrons. The number of aromatic nitrogens is 2. The Morgan fingerprint density at radius 3 is 2.33 bits per heavy atom. The van der Waals surface area contributed by atoms with E-state index >= 15 is 0 Å². The van der Waals surface area contributed by atoms with E-state index in [0.29, 0.717) is 20.1 Å². The molecule has 168 valence electrons. The van der Waals surface area contributed by atoms with Crippen molar-refractivity contribution >= 4 is 40.5 Å². The Labute approximate surface area is 193 Å². The van der Waals surface area contributed by atoms with Gasteiger partial charge < -0.3 is 10.4 Å². The zero-order valence-electron chi connectivity index (χ0n) is 16.4. The summed E-state index contributed by atoms with van der Waals surface area (Å²) < 4.78 is 42.2. The van der Waals surface area contributed by atoms with Crippen LogP contribution in [0, 0.1) is 0 Å². The smallest absolute Gasteiger partial charge is 0.434 e. The molecule has 33 heavy (non-hydrogen) atoms. The fraction of sp³-hybridized carbons (Fsp3) is 0.0455. The van der Waals surface area contributed by atoms with Crippen LogP contribution in [0.15, 0.2) is 66.2 Å². The van der Waals surface area contributed by atoms with E-state index in [1.165, 1.54) is 17.5 Å². The lowest BCUT2D eigenvalue weighted by molar-refractivity contribution is -0.143. The zero-order valence-corrected chi connectivity index (χ0v) is 18.0. The minimum Gasteiger partial charge on any atom is -0.478 e. The Morgan fingerprint density at radius 1 is 1.06 bits per heavy atom. The zero-order chi connectivity index (χ0) is 23.8. The first-order valence-electron chi connectivity index (χ1n) is 9.29. The van der Waals surface area contributed by atoms with Crippen LogP contribution in [0.5, 0.6) is 0 Å².